The van der Waals surface area contributed by atoms with Crippen LogP contribution in [-0.4, -0.2) is 56.6 Å². The number of hydrogen-bond acceptors (Lipinski definition) is 7. The van der Waals surface area contributed by atoms with Crippen LogP contribution in [0.15, 0.2) is 24.3 Å². The number of hydrogen-bond donors (Lipinski definition) is 0. The van der Waals surface area contributed by atoms with E-state index in [0.717, 1.165) is 24.9 Å². The molecule has 1 unspecified atom stereocenters. The van der Waals surface area contributed by atoms with E-state index >= 15 is 0 Å². The molecular weight excluding hydrogens is 460 g/mol. The Morgan fingerprint density at radius 3 is 1.56 bits per heavy atom. The van der Waals surface area contributed by atoms with Gasteiger partial charge in [0.15, 0.2) is 16.6 Å². The first kappa shape index (κ1) is 31.0. The molecule has 0 aromatic carbocycles. The zero-order valence-corrected chi connectivity index (χ0v) is 24.6. The normalized spacial score (nSPS) is 13.4. The topological polar surface area (TPSA) is 80.3 Å². The summed E-state index contributed by atoms with van der Waals surface area (Å²) in [5.41, 5.74) is 0.819. The summed E-state index contributed by atoms with van der Waals surface area (Å²) in [7, 11) is -6.38. The van der Waals surface area contributed by atoms with E-state index in [4.69, 9.17) is 22.4 Å². The van der Waals surface area contributed by atoms with Crippen LogP contribution in [0, 0.1) is 0 Å². The van der Waals surface area contributed by atoms with Gasteiger partial charge in [0.05, 0.1) is 13.2 Å². The van der Waals surface area contributed by atoms with Gasteiger partial charge in [0.2, 0.25) is 0 Å². The van der Waals surface area contributed by atoms with Gasteiger partial charge in [0.25, 0.3) is 0 Å². The molecule has 186 valence electrons. The molecule has 0 N–H and O–H groups in total. The second-order valence-corrected chi connectivity index (χ2v) is 22.0. The van der Waals surface area contributed by atoms with Crippen molar-refractivity contribution >= 4 is 37.1 Å². The maximum Gasteiger partial charge on any atom is 0.333 e. The first-order valence-corrected chi connectivity index (χ1v) is 20.2. The fourth-order valence-electron chi connectivity index (χ4n) is 3.24. The number of esters is 2. The summed E-state index contributed by atoms with van der Waals surface area (Å²) in [5.74, 6) is -0.706. The number of rotatable bonds is 16. The Morgan fingerprint density at radius 2 is 1.16 bits per heavy atom. The van der Waals surface area contributed by atoms with Crippen LogP contribution in [0.3, 0.4) is 0 Å². The van der Waals surface area contributed by atoms with E-state index in [1.807, 2.05) is 20.0 Å². The van der Waals surface area contributed by atoms with Gasteiger partial charge in [-0.05, 0) is 85.0 Å². The minimum absolute atomic E-state index is 0.352. The summed E-state index contributed by atoms with van der Waals surface area (Å²) in [6.45, 7) is 25.7. The maximum absolute atomic E-state index is 11.5. The van der Waals surface area contributed by atoms with Gasteiger partial charge in [-0.1, -0.05) is 13.2 Å². The Balaban J connectivity index is 4.45. The summed E-state index contributed by atoms with van der Waals surface area (Å²) < 4.78 is 29.3. The Kier molecular flexibility index (Phi) is 13.2. The lowest BCUT2D eigenvalue weighted by Gasteiger charge is -2.37. The van der Waals surface area contributed by atoms with Gasteiger partial charge in [0.1, 0.15) is 6.29 Å². The van der Waals surface area contributed by atoms with Crippen molar-refractivity contribution in [3.8, 4) is 0 Å². The molecule has 10 heteroatoms. The summed E-state index contributed by atoms with van der Waals surface area (Å²) in [6.07, 6.45) is 1.14. The summed E-state index contributed by atoms with van der Waals surface area (Å²) >= 11 is 0. The van der Waals surface area contributed by atoms with Crippen molar-refractivity contribution < 1.29 is 32.0 Å². The summed E-state index contributed by atoms with van der Waals surface area (Å²) in [5, 5.41) is 0. The Morgan fingerprint density at radius 1 is 0.750 bits per heavy atom. The Hall–Kier alpha value is -1.05. The average Bonchev–Trinajstić information content (AvgIpc) is 2.59. The lowest BCUT2D eigenvalue weighted by Crippen LogP contribution is -2.49. The molecule has 32 heavy (non-hydrogen) atoms. The molecule has 7 nitrogen and oxygen atoms in total. The second kappa shape index (κ2) is 13.6. The van der Waals surface area contributed by atoms with Crippen LogP contribution in [0.25, 0.3) is 0 Å². The highest BCUT2D eigenvalue weighted by Gasteiger charge is 2.37. The van der Waals surface area contributed by atoms with Gasteiger partial charge < -0.3 is 22.4 Å². The second-order valence-electron chi connectivity index (χ2n) is 9.86. The minimum atomic E-state index is -2.41. The van der Waals surface area contributed by atoms with E-state index in [9.17, 15) is 9.59 Å². The maximum atomic E-state index is 11.5. The van der Waals surface area contributed by atoms with Crippen molar-refractivity contribution in [1.82, 2.24) is 0 Å². The number of ether oxygens (including phenoxy) is 2. The molecule has 1 atom stereocenters. The van der Waals surface area contributed by atoms with Crippen LogP contribution < -0.4 is 0 Å². The first-order valence-electron chi connectivity index (χ1n) is 11.2. The molecule has 0 aliphatic heterocycles. The lowest BCUT2D eigenvalue weighted by atomic mass is 10.4. The molecule has 0 fully saturated rings. The van der Waals surface area contributed by atoms with Crippen LogP contribution in [0.1, 0.15) is 33.6 Å². The third kappa shape index (κ3) is 14.9. The van der Waals surface area contributed by atoms with Crippen molar-refractivity contribution in [2.45, 2.75) is 91.3 Å². The van der Waals surface area contributed by atoms with E-state index in [-0.39, 0.29) is 18.2 Å². The minimum Gasteiger partial charge on any atom is -0.462 e. The smallest absolute Gasteiger partial charge is 0.333 e. The summed E-state index contributed by atoms with van der Waals surface area (Å²) in [4.78, 5) is 22.9. The van der Waals surface area contributed by atoms with E-state index < -0.39 is 25.2 Å². The molecule has 0 aromatic rings. The van der Waals surface area contributed by atoms with Crippen molar-refractivity contribution in [2.75, 3.05) is 13.2 Å². The molecule has 0 rings (SSSR count). The SMILES string of the molecule is C=C(C)C(=O)OCCC[Si](C)(C)OC(C)O[Si](C)(C)O[Si](C)(C)CCCOC(=O)C(=C)C. The third-order valence-electron chi connectivity index (χ3n) is 4.47. The fraction of sp³-hybridized carbons (Fsp3) is 0.727. The average molecular weight is 505 g/mol. The molecule has 0 heterocycles. The quantitative estimate of drug-likeness (QED) is 0.0901. The zero-order valence-electron chi connectivity index (χ0n) is 21.6. The van der Waals surface area contributed by atoms with Crippen LogP contribution in [-0.2, 0) is 32.0 Å². The van der Waals surface area contributed by atoms with Crippen molar-refractivity contribution in [3.63, 3.8) is 0 Å². The van der Waals surface area contributed by atoms with Crippen LogP contribution in [0.4, 0.5) is 0 Å². The molecule has 0 amide bonds. The van der Waals surface area contributed by atoms with E-state index in [1.54, 1.807) is 13.8 Å². The molecular formula is C22H44O7Si3. The van der Waals surface area contributed by atoms with E-state index in [2.05, 4.69) is 39.3 Å². The molecule has 0 aliphatic carbocycles. The predicted molar refractivity (Wildman–Crippen MR) is 136 cm³/mol. The summed E-state index contributed by atoms with van der Waals surface area (Å²) in [6, 6.07) is 1.73. The van der Waals surface area contributed by atoms with Gasteiger partial charge in [-0.25, -0.2) is 9.59 Å². The predicted octanol–water partition coefficient (Wildman–Crippen LogP) is 5.51. The first-order chi connectivity index (χ1) is 14.5. The van der Waals surface area contributed by atoms with Crippen molar-refractivity contribution in [1.29, 1.82) is 0 Å². The Bertz CT molecular complexity index is 660. The molecule has 0 aromatic heterocycles. The van der Waals surface area contributed by atoms with E-state index in [1.165, 1.54) is 0 Å². The van der Waals surface area contributed by atoms with Crippen molar-refractivity contribution in [2.24, 2.45) is 0 Å². The Labute approximate surface area is 198 Å². The standard InChI is InChI=1S/C22H44O7Si3/c1-18(2)21(23)25-14-12-16-30(6,7)27-20(5)28-32(10,11)29-31(8,9)17-13-15-26-22(24)19(3)4/h20H,1,3,12-17H2,2,4-11H3. The molecule has 0 radical (unpaired) electrons. The molecule has 0 saturated heterocycles. The van der Waals surface area contributed by atoms with Gasteiger partial charge in [-0.3, -0.25) is 0 Å². The van der Waals surface area contributed by atoms with Gasteiger partial charge in [-0.2, -0.15) is 0 Å². The van der Waals surface area contributed by atoms with Crippen LogP contribution in [0.5, 0.6) is 0 Å². The fourth-order valence-corrected chi connectivity index (χ4v) is 13.2. The molecule has 0 bridgehead atoms. The highest BCUT2D eigenvalue weighted by atomic mass is 28.4. The monoisotopic (exact) mass is 504 g/mol. The molecule has 0 aliphatic rings. The highest BCUT2D eigenvalue weighted by molar-refractivity contribution is 6.82. The lowest BCUT2D eigenvalue weighted by molar-refractivity contribution is -0.139. The van der Waals surface area contributed by atoms with Crippen LogP contribution >= 0.6 is 0 Å². The van der Waals surface area contributed by atoms with Gasteiger partial charge >= 0.3 is 20.5 Å². The van der Waals surface area contributed by atoms with Gasteiger partial charge in [0, 0.05) is 11.1 Å². The largest absolute Gasteiger partial charge is 0.462 e. The zero-order chi connectivity index (χ0) is 25.2. The number of carbonyl (C=O) groups is 2. The number of carbonyl (C=O) groups excluding carboxylic acids is 2. The van der Waals surface area contributed by atoms with Crippen LogP contribution in [0.2, 0.25) is 51.4 Å². The van der Waals surface area contributed by atoms with Crippen molar-refractivity contribution in [3.05, 3.63) is 24.3 Å². The molecule has 0 saturated carbocycles. The molecule has 0 spiro atoms. The van der Waals surface area contributed by atoms with E-state index in [0.29, 0.717) is 24.4 Å². The third-order valence-corrected chi connectivity index (χ3v) is 13.6. The van der Waals surface area contributed by atoms with Gasteiger partial charge in [-0.15, -0.1) is 0 Å². The highest BCUT2D eigenvalue weighted by Crippen LogP contribution is 2.24.